The van der Waals surface area contributed by atoms with Gasteiger partial charge < -0.3 is 18.8 Å². The third-order valence-electron chi connectivity index (χ3n) is 7.65. The zero-order chi connectivity index (χ0) is 30.6. The minimum atomic E-state index is -0.112. The molecule has 0 bridgehead atoms. The molecule has 0 N–H and O–H groups in total. The summed E-state index contributed by atoms with van der Waals surface area (Å²) in [5, 5.41) is 0.900. The van der Waals surface area contributed by atoms with E-state index in [4.69, 9.17) is 14.2 Å². The molecular weight excluding hydrogens is 522 g/mol. The summed E-state index contributed by atoms with van der Waals surface area (Å²) in [5.41, 5.74) is 3.36. The first-order chi connectivity index (χ1) is 20.4. The number of hydrogen-bond acceptors (Lipinski definition) is 4. The summed E-state index contributed by atoms with van der Waals surface area (Å²) in [5.74, 6) is 1.69. The number of benzene rings is 1. The molecule has 236 valence electrons. The molecule has 0 saturated heterocycles. The first-order valence-corrected chi connectivity index (χ1v) is 16.8. The molecule has 5 heteroatoms. The van der Waals surface area contributed by atoms with Crippen LogP contribution in [0.1, 0.15) is 131 Å². The predicted molar refractivity (Wildman–Crippen MR) is 180 cm³/mol. The number of allylic oxidation sites excluding steroid dienone is 3. The Kier molecular flexibility index (Phi) is 17.8. The van der Waals surface area contributed by atoms with Crippen LogP contribution in [-0.2, 0) is 6.54 Å². The fourth-order valence-corrected chi connectivity index (χ4v) is 5.01. The molecule has 1 aromatic heterocycles. The lowest BCUT2D eigenvalue weighted by Crippen LogP contribution is -2.24. The standard InChI is InChI=1S/C37H59NO4/c1-7-10-13-15-16-18-26-40-32-22-23-33-34(29-32)38(25-12-9-3)37(39)36(41-27-17-14-11-8-2)35(33)42-28-24-31(6)21-19-20-30(4)5/h20,22-24,29H,7-19,21,25-28H2,1-6H3/b31-24+. The van der Waals surface area contributed by atoms with Gasteiger partial charge in [0.05, 0.1) is 18.7 Å². The van der Waals surface area contributed by atoms with Gasteiger partial charge >= 0.3 is 0 Å². The van der Waals surface area contributed by atoms with E-state index in [2.05, 4.69) is 53.7 Å². The molecule has 2 aromatic rings. The maximum Gasteiger partial charge on any atom is 0.297 e. The second-order valence-corrected chi connectivity index (χ2v) is 11.9. The van der Waals surface area contributed by atoms with Gasteiger partial charge in [0.15, 0.2) is 5.75 Å². The number of fused-ring (bicyclic) bond motifs is 1. The molecule has 0 atom stereocenters. The predicted octanol–water partition coefficient (Wildman–Crippen LogP) is 10.6. The maximum absolute atomic E-state index is 13.9. The Balaban J connectivity index is 2.36. The van der Waals surface area contributed by atoms with E-state index in [0.717, 1.165) is 68.0 Å². The number of nitrogens with zero attached hydrogens (tertiary/aromatic N) is 1. The molecule has 0 unspecified atom stereocenters. The van der Waals surface area contributed by atoms with Crippen LogP contribution in [0.5, 0.6) is 17.2 Å². The van der Waals surface area contributed by atoms with Gasteiger partial charge in [-0.3, -0.25) is 4.79 Å². The van der Waals surface area contributed by atoms with Gasteiger partial charge in [0.1, 0.15) is 12.4 Å². The molecule has 0 aliphatic heterocycles. The van der Waals surface area contributed by atoms with Crippen LogP contribution < -0.4 is 19.8 Å². The summed E-state index contributed by atoms with van der Waals surface area (Å²) in [6.07, 6.45) is 20.0. The van der Waals surface area contributed by atoms with E-state index in [1.165, 1.54) is 49.7 Å². The second kappa shape index (κ2) is 21.1. The van der Waals surface area contributed by atoms with Crippen molar-refractivity contribution in [3.8, 4) is 17.2 Å². The van der Waals surface area contributed by atoms with Gasteiger partial charge in [-0.25, -0.2) is 0 Å². The van der Waals surface area contributed by atoms with Crippen molar-refractivity contribution in [1.82, 2.24) is 4.57 Å². The Morgan fingerprint density at radius 1 is 0.738 bits per heavy atom. The van der Waals surface area contributed by atoms with Crippen LogP contribution in [0.2, 0.25) is 0 Å². The van der Waals surface area contributed by atoms with Crippen molar-refractivity contribution in [3.63, 3.8) is 0 Å². The Hall–Kier alpha value is -2.69. The van der Waals surface area contributed by atoms with E-state index < -0.39 is 0 Å². The number of hydrogen-bond donors (Lipinski definition) is 0. The van der Waals surface area contributed by atoms with E-state index >= 15 is 0 Å². The van der Waals surface area contributed by atoms with Crippen molar-refractivity contribution >= 4 is 10.9 Å². The normalized spacial score (nSPS) is 11.6. The zero-order valence-electron chi connectivity index (χ0n) is 27.7. The molecule has 5 nitrogen and oxygen atoms in total. The molecule has 0 aliphatic carbocycles. The first kappa shape index (κ1) is 35.5. The average molecular weight is 582 g/mol. The SMILES string of the molecule is CCCCCCCCOc1ccc2c(OC/C=C(\C)CCC=C(C)C)c(OCCCCCC)c(=O)n(CCCC)c2c1. The van der Waals surface area contributed by atoms with Gasteiger partial charge in [0.2, 0.25) is 5.75 Å². The third kappa shape index (κ3) is 12.7. The van der Waals surface area contributed by atoms with Gasteiger partial charge in [-0.15, -0.1) is 0 Å². The lowest BCUT2D eigenvalue weighted by Gasteiger charge is -2.19. The zero-order valence-corrected chi connectivity index (χ0v) is 27.7. The summed E-state index contributed by atoms with van der Waals surface area (Å²) in [6.45, 7) is 15.2. The number of pyridine rings is 1. The highest BCUT2D eigenvalue weighted by atomic mass is 16.5. The van der Waals surface area contributed by atoms with Crippen LogP contribution in [0.15, 0.2) is 46.3 Å². The fraction of sp³-hybridized carbons (Fsp3) is 0.649. The molecule has 0 saturated carbocycles. The molecule has 1 aromatic carbocycles. The van der Waals surface area contributed by atoms with E-state index in [-0.39, 0.29) is 5.56 Å². The maximum atomic E-state index is 13.9. The molecule has 0 amide bonds. The highest BCUT2D eigenvalue weighted by molar-refractivity contribution is 5.89. The van der Waals surface area contributed by atoms with Crippen LogP contribution in [0.3, 0.4) is 0 Å². The first-order valence-electron chi connectivity index (χ1n) is 16.8. The minimum absolute atomic E-state index is 0.112. The van der Waals surface area contributed by atoms with Gasteiger partial charge in [0.25, 0.3) is 5.56 Å². The van der Waals surface area contributed by atoms with E-state index in [9.17, 15) is 4.79 Å². The topological polar surface area (TPSA) is 49.7 Å². The number of aromatic nitrogens is 1. The summed E-state index contributed by atoms with van der Waals surface area (Å²) in [7, 11) is 0. The lowest BCUT2D eigenvalue weighted by molar-refractivity contribution is 0.272. The van der Waals surface area contributed by atoms with Crippen LogP contribution in [0.25, 0.3) is 10.9 Å². The molecule has 42 heavy (non-hydrogen) atoms. The van der Waals surface area contributed by atoms with Gasteiger partial charge in [-0.1, -0.05) is 95.8 Å². The minimum Gasteiger partial charge on any atom is -0.494 e. The van der Waals surface area contributed by atoms with Crippen molar-refractivity contribution in [3.05, 3.63) is 51.9 Å². The summed E-state index contributed by atoms with van der Waals surface area (Å²) in [6, 6.07) is 6.06. The van der Waals surface area contributed by atoms with Gasteiger partial charge in [-0.2, -0.15) is 0 Å². The van der Waals surface area contributed by atoms with Crippen molar-refractivity contribution in [2.24, 2.45) is 0 Å². The van der Waals surface area contributed by atoms with E-state index in [0.29, 0.717) is 37.9 Å². The Labute approximate surface area is 256 Å². The molecule has 0 fully saturated rings. The van der Waals surface area contributed by atoms with Crippen molar-refractivity contribution < 1.29 is 14.2 Å². The molecule has 0 aliphatic rings. The van der Waals surface area contributed by atoms with Crippen LogP contribution in [-0.4, -0.2) is 24.4 Å². The van der Waals surface area contributed by atoms with E-state index in [1.54, 1.807) is 0 Å². The van der Waals surface area contributed by atoms with Crippen LogP contribution in [0, 0.1) is 0 Å². The third-order valence-corrected chi connectivity index (χ3v) is 7.65. The highest BCUT2D eigenvalue weighted by Gasteiger charge is 2.20. The second-order valence-electron chi connectivity index (χ2n) is 11.9. The summed E-state index contributed by atoms with van der Waals surface area (Å²) < 4.78 is 20.6. The Morgan fingerprint density at radius 2 is 1.38 bits per heavy atom. The van der Waals surface area contributed by atoms with Crippen molar-refractivity contribution in [2.45, 2.75) is 138 Å². The molecular formula is C37H59NO4. The van der Waals surface area contributed by atoms with Crippen LogP contribution >= 0.6 is 0 Å². The number of ether oxygens (including phenoxy) is 3. The molecule has 0 radical (unpaired) electrons. The quantitative estimate of drug-likeness (QED) is 0.0967. The van der Waals surface area contributed by atoms with Gasteiger partial charge in [-0.05, 0) is 71.1 Å². The summed E-state index contributed by atoms with van der Waals surface area (Å²) in [4.78, 5) is 13.9. The smallest absolute Gasteiger partial charge is 0.297 e. The largest absolute Gasteiger partial charge is 0.494 e. The number of rotatable bonds is 23. The Bertz CT molecular complexity index is 1160. The Morgan fingerprint density at radius 3 is 2.07 bits per heavy atom. The fourth-order valence-electron chi connectivity index (χ4n) is 5.01. The van der Waals surface area contributed by atoms with Crippen molar-refractivity contribution in [1.29, 1.82) is 0 Å². The van der Waals surface area contributed by atoms with Crippen molar-refractivity contribution in [2.75, 3.05) is 19.8 Å². The molecule has 0 spiro atoms. The van der Waals surface area contributed by atoms with Gasteiger partial charge in [0, 0.05) is 18.0 Å². The van der Waals surface area contributed by atoms with Crippen LogP contribution in [0.4, 0.5) is 0 Å². The number of unbranched alkanes of at least 4 members (excludes halogenated alkanes) is 9. The molecule has 1 heterocycles. The van der Waals surface area contributed by atoms with E-state index in [1.807, 2.05) is 22.8 Å². The molecule has 2 rings (SSSR count). The summed E-state index contributed by atoms with van der Waals surface area (Å²) >= 11 is 0. The number of aryl methyl sites for hydroxylation is 1. The lowest BCUT2D eigenvalue weighted by atomic mass is 10.1. The average Bonchev–Trinajstić information content (AvgIpc) is 2.97. The monoisotopic (exact) mass is 581 g/mol. The highest BCUT2D eigenvalue weighted by Crippen LogP contribution is 2.35.